The molecule has 6 aromatic carbocycles. The van der Waals surface area contributed by atoms with Crippen molar-refractivity contribution >= 4 is 145 Å². The molecule has 329 valence electrons. The van der Waals surface area contributed by atoms with E-state index < -0.39 is 168 Å². The molecule has 0 aliphatic heterocycles. The first-order valence-electron chi connectivity index (χ1n) is 15.5. The number of phenols is 4. The number of rotatable bonds is 10. The molecule has 0 aliphatic carbocycles. The molecule has 33 heteroatoms. The fourth-order valence-corrected chi connectivity index (χ4v) is 9.30. The van der Waals surface area contributed by atoms with Gasteiger partial charge in [0.1, 0.15) is 32.7 Å². The second-order valence-corrected chi connectivity index (χ2v) is 20.9. The van der Waals surface area contributed by atoms with E-state index in [4.69, 9.17) is 0 Å². The maximum absolute atomic E-state index is 12.6. The van der Waals surface area contributed by atoms with Crippen molar-refractivity contribution in [3.8, 4) is 23.0 Å². The third-order valence-corrected chi connectivity index (χ3v) is 13.5. The predicted molar refractivity (Wildman–Crippen MR) is 211 cm³/mol. The monoisotopic (exact) mass is 1000 g/mol. The molecule has 0 unspecified atom stereocenters. The zero-order chi connectivity index (χ0) is 46.4. The van der Waals surface area contributed by atoms with E-state index in [2.05, 4.69) is 20.5 Å². The van der Waals surface area contributed by atoms with Crippen LogP contribution in [0.15, 0.2) is 110 Å². The number of phenolic OH excluding ortho intramolecular Hbond substituents is 4. The Bertz CT molecular complexity index is 3780. The van der Waals surface area contributed by atoms with Crippen molar-refractivity contribution in [2.45, 2.75) is 29.4 Å². The van der Waals surface area contributed by atoms with E-state index in [0.29, 0.717) is 60.7 Å². The summed E-state index contributed by atoms with van der Waals surface area (Å²) in [6.45, 7) is 0. The Labute approximate surface area is 374 Å². The Morgan fingerprint density at radius 3 is 0.968 bits per heavy atom. The van der Waals surface area contributed by atoms with Crippen LogP contribution < -0.4 is 0 Å². The maximum Gasteiger partial charge on any atom is 0.296 e. The molecule has 6 aromatic rings. The van der Waals surface area contributed by atoms with Crippen LogP contribution >= 0.6 is 0 Å². The predicted octanol–water partition coefficient (Wildman–Crippen LogP) is 3.90. The van der Waals surface area contributed by atoms with Crippen LogP contribution in [0, 0.1) is 0 Å². The van der Waals surface area contributed by atoms with E-state index in [1.807, 2.05) is 0 Å². The number of hydrogen-bond donors (Lipinski definition) is 10. The summed E-state index contributed by atoms with van der Waals surface area (Å²) >= 11 is 0. The van der Waals surface area contributed by atoms with Gasteiger partial charge in [0.15, 0.2) is 11.5 Å². The van der Waals surface area contributed by atoms with Gasteiger partial charge in [-0.15, -0.1) is 20.5 Å². The maximum atomic E-state index is 12.6. The molecule has 1 radical (unpaired) electrons. The Morgan fingerprint density at radius 2 is 0.619 bits per heavy atom. The van der Waals surface area contributed by atoms with Gasteiger partial charge in [-0.25, -0.2) is 0 Å². The number of aromatic hydroxyl groups is 4. The van der Waals surface area contributed by atoms with E-state index in [9.17, 15) is 98.2 Å². The Morgan fingerprint density at radius 1 is 0.333 bits per heavy atom. The fraction of sp³-hybridized carbons (Fsp3) is 0. The van der Waals surface area contributed by atoms with E-state index in [-0.39, 0.29) is 29.6 Å². The molecule has 0 heterocycles. The van der Waals surface area contributed by atoms with Crippen LogP contribution in [0.25, 0.3) is 32.3 Å². The molecule has 0 fully saturated rings. The molecule has 0 saturated carbocycles. The minimum absolute atomic E-state index is 0. The van der Waals surface area contributed by atoms with Crippen molar-refractivity contribution < 1.29 is 98.2 Å². The molecule has 0 saturated heterocycles. The summed E-state index contributed by atoms with van der Waals surface area (Å²) in [6.07, 6.45) is 0. The van der Waals surface area contributed by atoms with Gasteiger partial charge in [-0.05, 0) is 64.7 Å². The molecule has 0 bridgehead atoms. The molecule has 0 spiro atoms. The molecule has 0 aliphatic rings. The van der Waals surface area contributed by atoms with Gasteiger partial charge in [0.2, 0.25) is 0 Å². The van der Waals surface area contributed by atoms with Crippen LogP contribution in [0.5, 0.6) is 23.0 Å². The smallest absolute Gasteiger partial charge is 0.296 e. The summed E-state index contributed by atoms with van der Waals surface area (Å²) in [5.41, 5.74) is -4.45. The van der Waals surface area contributed by atoms with E-state index >= 15 is 0 Å². The van der Waals surface area contributed by atoms with Crippen molar-refractivity contribution in [2.75, 3.05) is 0 Å². The van der Waals surface area contributed by atoms with Gasteiger partial charge < -0.3 is 20.4 Å². The third kappa shape index (κ3) is 9.73. The van der Waals surface area contributed by atoms with Gasteiger partial charge >= 0.3 is 0 Å². The van der Waals surface area contributed by atoms with Crippen molar-refractivity contribution in [3.05, 3.63) is 60.7 Å². The normalized spacial score (nSPS) is 13.4. The van der Waals surface area contributed by atoms with Crippen molar-refractivity contribution in [1.82, 2.24) is 0 Å². The number of benzene rings is 6. The van der Waals surface area contributed by atoms with Crippen LogP contribution in [-0.4, -0.2) is 128 Å². The van der Waals surface area contributed by atoms with Crippen LogP contribution in [0.3, 0.4) is 0 Å². The second-order valence-electron chi connectivity index (χ2n) is 12.5. The van der Waals surface area contributed by atoms with Crippen LogP contribution in [0.2, 0.25) is 0 Å². The summed E-state index contributed by atoms with van der Waals surface area (Å²) < 4.78 is 204. The van der Waals surface area contributed by atoms with Crippen LogP contribution in [-0.2, 0) is 60.7 Å². The average Bonchev–Trinajstić information content (AvgIpc) is 3.10. The average molecular weight is 1000 g/mol. The summed E-state index contributed by atoms with van der Waals surface area (Å²) in [5.74, 6) is -4.99. The third-order valence-electron chi connectivity index (χ3n) is 8.42. The Hall–Kier alpha value is -5.04. The Balaban J connectivity index is 0.00000748. The van der Waals surface area contributed by atoms with E-state index in [0.717, 1.165) is 0 Å². The van der Waals surface area contributed by atoms with Gasteiger partial charge in [0, 0.05) is 41.7 Å². The summed E-state index contributed by atoms with van der Waals surface area (Å²) in [4.78, 5) is -7.02. The van der Waals surface area contributed by atoms with Gasteiger partial charge in [0.05, 0.1) is 47.1 Å². The topological polar surface area (TPSA) is 457 Å². The van der Waals surface area contributed by atoms with Crippen LogP contribution in [0.4, 0.5) is 22.7 Å². The minimum Gasteiger partial charge on any atom is -0.507 e. The minimum atomic E-state index is -5.60. The first-order valence-corrected chi connectivity index (χ1v) is 24.2. The van der Waals surface area contributed by atoms with Crippen molar-refractivity contribution in [1.29, 1.82) is 0 Å². The Kier molecular flexibility index (Phi) is 12.6. The molecule has 0 aromatic heterocycles. The molecular weight excluding hydrogens is 984 g/mol. The zero-order valence-corrected chi connectivity index (χ0v) is 37.3. The second kappa shape index (κ2) is 16.2. The molecule has 0 atom stereocenters. The van der Waals surface area contributed by atoms with Gasteiger partial charge in [-0.3, -0.25) is 27.3 Å². The van der Waals surface area contributed by atoms with Gasteiger partial charge in [-0.2, -0.15) is 50.5 Å². The van der Waals surface area contributed by atoms with Crippen LogP contribution in [0.1, 0.15) is 0 Å². The van der Waals surface area contributed by atoms with Crippen molar-refractivity contribution in [2.24, 2.45) is 20.5 Å². The van der Waals surface area contributed by atoms with E-state index in [1.54, 1.807) is 0 Å². The molecular formula is C30H20N4NaO22S6. The molecule has 26 nitrogen and oxygen atoms in total. The van der Waals surface area contributed by atoms with Gasteiger partial charge in [-0.1, -0.05) is 0 Å². The summed E-state index contributed by atoms with van der Waals surface area (Å²) in [5, 5.41) is 53.8. The molecule has 6 rings (SSSR count). The molecule has 63 heavy (non-hydrogen) atoms. The fourth-order valence-electron chi connectivity index (χ4n) is 5.84. The number of fused-ring (bicyclic) bond motifs is 3. The summed E-state index contributed by atoms with van der Waals surface area (Å²) in [7, 11) is -31.8. The number of azo groups is 2. The first kappa shape index (κ1) is 49.0. The van der Waals surface area contributed by atoms with Gasteiger partial charge in [0.25, 0.3) is 60.7 Å². The van der Waals surface area contributed by atoms with Crippen molar-refractivity contribution in [3.63, 3.8) is 0 Å². The molecule has 10 N–H and O–H groups in total. The zero-order valence-electron chi connectivity index (χ0n) is 30.4. The standard InChI is InChI=1S/C30H20N4O22S6.Na/c35-20-9-16(59(45,46)47)2-11-1-14(57(39,40)41)7-18(24(11)20)31-33-27-22(61(51,52)53)5-12-3-15(58(42,43)44)8-19(25(12)29(27)37)32-34-28-23(62(54,55)56)6-13-4-17(60(48,49)50)10-21(36)26(13)30(28)38;/h1-10,35-38H,(H,39,40,41)(H,42,43,44)(H,45,46,47)(H,48,49,50)(H,51,52,53)(H,54,55,56);. The quantitative estimate of drug-likeness (QED) is 0.0528. The van der Waals surface area contributed by atoms with E-state index in [1.165, 1.54) is 0 Å². The number of hydrogen-bond acceptors (Lipinski definition) is 20. The summed E-state index contributed by atoms with van der Waals surface area (Å²) in [6, 6.07) is 4.90. The largest absolute Gasteiger partial charge is 0.507 e. The SMILES string of the molecule is O=S(=O)(O)c1cc(O)c2c(N=Nc3c(S(=O)(=O)O)cc4cc(S(=O)(=O)O)cc(N=Nc5c(S(=O)(=O)O)cc6cc(S(=O)(=O)O)cc(O)c6c5O)c4c3O)cc(S(=O)(=O)O)cc2c1.[Na]. The molecule has 0 amide bonds. The first-order chi connectivity index (χ1) is 28.2. The number of nitrogens with zero attached hydrogens (tertiary/aromatic N) is 4.